The summed E-state index contributed by atoms with van der Waals surface area (Å²) in [5.41, 5.74) is 0.619. The Labute approximate surface area is 152 Å². The molecule has 5 heteroatoms. The van der Waals surface area contributed by atoms with Crippen LogP contribution in [0.4, 0.5) is 0 Å². The van der Waals surface area contributed by atoms with Gasteiger partial charge in [0.25, 0.3) is 5.91 Å². The average Bonchev–Trinajstić information content (AvgIpc) is 2.61. The minimum Gasteiger partial charge on any atom is -0.352 e. The van der Waals surface area contributed by atoms with E-state index in [2.05, 4.69) is 21.2 Å². The molecule has 3 rings (SSSR count). The average molecular weight is 393 g/mol. The number of piperidine rings is 1. The Bertz CT molecular complexity index is 588. The van der Waals surface area contributed by atoms with Gasteiger partial charge in [-0.15, -0.1) is 0 Å². The molecule has 4 nitrogen and oxygen atoms in total. The molecule has 1 N–H and O–H groups in total. The minimum absolute atomic E-state index is 0.124. The molecule has 2 amide bonds. The second-order valence-electron chi connectivity index (χ2n) is 6.95. The summed E-state index contributed by atoms with van der Waals surface area (Å²) in [7, 11) is 0. The molecular weight excluding hydrogens is 368 g/mol. The number of nitrogens with one attached hydrogen (secondary N) is 1. The van der Waals surface area contributed by atoms with Gasteiger partial charge in [-0.05, 0) is 48.9 Å². The summed E-state index contributed by atoms with van der Waals surface area (Å²) >= 11 is 3.35. The number of amides is 2. The molecule has 1 aromatic carbocycles. The molecule has 1 saturated carbocycles. The van der Waals surface area contributed by atoms with Crippen molar-refractivity contribution in [1.29, 1.82) is 0 Å². The van der Waals surface area contributed by atoms with E-state index in [-0.39, 0.29) is 11.8 Å². The third-order valence-corrected chi connectivity index (χ3v) is 5.90. The van der Waals surface area contributed by atoms with Crippen LogP contribution in [0.3, 0.4) is 0 Å². The van der Waals surface area contributed by atoms with Crippen LogP contribution in [0.2, 0.25) is 0 Å². The number of benzene rings is 1. The summed E-state index contributed by atoms with van der Waals surface area (Å²) in [6.45, 7) is 2.21. The molecule has 0 radical (unpaired) electrons. The third-order valence-electron chi connectivity index (χ3n) is 5.37. The van der Waals surface area contributed by atoms with Crippen LogP contribution in [0.25, 0.3) is 0 Å². The van der Waals surface area contributed by atoms with Crippen molar-refractivity contribution in [3.63, 3.8) is 0 Å². The normalized spacial score (nSPS) is 23.5. The van der Waals surface area contributed by atoms with Gasteiger partial charge in [-0.2, -0.15) is 0 Å². The van der Waals surface area contributed by atoms with E-state index in [1.54, 1.807) is 12.1 Å². The second kappa shape index (κ2) is 8.15. The van der Waals surface area contributed by atoms with Crippen LogP contribution in [0.1, 0.15) is 48.9 Å². The number of halogens is 1. The van der Waals surface area contributed by atoms with Crippen molar-refractivity contribution in [3.8, 4) is 0 Å². The topological polar surface area (TPSA) is 49.4 Å². The molecule has 24 heavy (non-hydrogen) atoms. The van der Waals surface area contributed by atoms with Crippen LogP contribution < -0.4 is 5.32 Å². The first-order chi connectivity index (χ1) is 11.6. The standard InChI is InChI=1S/C19H25BrN2O2/c20-17-7-5-15(6-8-17)19(24)21-11-9-18(23)22-12-10-14-3-1-2-4-16(14)13-22/h5-8,14,16H,1-4,9-13H2,(H,21,24)/t14-,16-/m1/s1. The van der Waals surface area contributed by atoms with Crippen LogP contribution in [0.15, 0.2) is 28.7 Å². The van der Waals surface area contributed by atoms with E-state index in [9.17, 15) is 9.59 Å². The lowest BCUT2D eigenvalue weighted by Gasteiger charge is -2.41. The van der Waals surface area contributed by atoms with E-state index >= 15 is 0 Å². The molecular formula is C19H25BrN2O2. The molecule has 1 aromatic rings. The highest BCUT2D eigenvalue weighted by atomic mass is 79.9. The fourth-order valence-electron chi connectivity index (χ4n) is 3.97. The molecule has 2 fully saturated rings. The third kappa shape index (κ3) is 4.38. The lowest BCUT2D eigenvalue weighted by atomic mass is 9.75. The smallest absolute Gasteiger partial charge is 0.251 e. The molecule has 0 bridgehead atoms. The predicted molar refractivity (Wildman–Crippen MR) is 97.7 cm³/mol. The molecule has 2 atom stereocenters. The zero-order valence-electron chi connectivity index (χ0n) is 14.0. The van der Waals surface area contributed by atoms with Gasteiger partial charge in [0, 0.05) is 36.1 Å². The van der Waals surface area contributed by atoms with Gasteiger partial charge in [0.15, 0.2) is 0 Å². The number of rotatable bonds is 4. The number of carbonyl (C=O) groups excluding carboxylic acids is 2. The number of hydrogen-bond donors (Lipinski definition) is 1. The molecule has 0 unspecified atom stereocenters. The van der Waals surface area contributed by atoms with Crippen molar-refractivity contribution in [1.82, 2.24) is 10.2 Å². The van der Waals surface area contributed by atoms with E-state index in [0.717, 1.165) is 29.9 Å². The fourth-order valence-corrected chi connectivity index (χ4v) is 4.24. The SMILES string of the molecule is O=C(NCCC(=O)N1CC[C@H]2CCCC[C@@H]2C1)c1ccc(Br)cc1. The van der Waals surface area contributed by atoms with Gasteiger partial charge in [0.05, 0.1) is 0 Å². The number of hydrogen-bond acceptors (Lipinski definition) is 2. The summed E-state index contributed by atoms with van der Waals surface area (Å²) in [6.07, 6.45) is 6.83. The van der Waals surface area contributed by atoms with Gasteiger partial charge in [0.2, 0.25) is 5.91 Å². The predicted octanol–water partition coefficient (Wildman–Crippen LogP) is 3.61. The van der Waals surface area contributed by atoms with Crippen molar-refractivity contribution in [2.24, 2.45) is 11.8 Å². The lowest BCUT2D eigenvalue weighted by Crippen LogP contribution is -2.45. The van der Waals surface area contributed by atoms with E-state index in [1.165, 1.54) is 25.7 Å². The second-order valence-corrected chi connectivity index (χ2v) is 7.86. The van der Waals surface area contributed by atoms with E-state index in [1.807, 2.05) is 17.0 Å². The van der Waals surface area contributed by atoms with Gasteiger partial charge in [-0.25, -0.2) is 0 Å². The maximum Gasteiger partial charge on any atom is 0.251 e. The first-order valence-electron chi connectivity index (χ1n) is 8.95. The maximum atomic E-state index is 12.4. The summed E-state index contributed by atoms with van der Waals surface area (Å²) in [5, 5.41) is 2.84. The molecule has 1 heterocycles. The van der Waals surface area contributed by atoms with Crippen LogP contribution in [-0.2, 0) is 4.79 Å². The number of likely N-dealkylation sites (tertiary alicyclic amines) is 1. The summed E-state index contributed by atoms with van der Waals surface area (Å²) < 4.78 is 0.945. The van der Waals surface area contributed by atoms with Gasteiger partial charge in [-0.1, -0.05) is 35.2 Å². The Morgan fingerprint density at radius 2 is 1.79 bits per heavy atom. The van der Waals surface area contributed by atoms with Gasteiger partial charge in [-0.3, -0.25) is 9.59 Å². The Balaban J connectivity index is 1.42. The van der Waals surface area contributed by atoms with Crippen molar-refractivity contribution < 1.29 is 9.59 Å². The van der Waals surface area contributed by atoms with E-state index < -0.39 is 0 Å². The maximum absolute atomic E-state index is 12.4. The van der Waals surface area contributed by atoms with Crippen LogP contribution in [0.5, 0.6) is 0 Å². The molecule has 1 saturated heterocycles. The van der Waals surface area contributed by atoms with E-state index in [4.69, 9.17) is 0 Å². The first kappa shape index (κ1) is 17.5. The number of nitrogens with zero attached hydrogens (tertiary/aromatic N) is 1. The molecule has 0 aromatic heterocycles. The molecule has 0 spiro atoms. The Hall–Kier alpha value is -1.36. The minimum atomic E-state index is -0.124. The van der Waals surface area contributed by atoms with Crippen LogP contribution in [0, 0.1) is 11.8 Å². The molecule has 2 aliphatic rings. The van der Waals surface area contributed by atoms with Crippen molar-refractivity contribution in [2.45, 2.75) is 38.5 Å². The number of carbonyl (C=O) groups is 2. The Morgan fingerprint density at radius 3 is 2.54 bits per heavy atom. The van der Waals surface area contributed by atoms with Crippen LogP contribution >= 0.6 is 15.9 Å². The summed E-state index contributed by atoms with van der Waals surface area (Å²) in [4.78, 5) is 26.5. The first-order valence-corrected chi connectivity index (χ1v) is 9.74. The zero-order valence-corrected chi connectivity index (χ0v) is 15.6. The monoisotopic (exact) mass is 392 g/mol. The van der Waals surface area contributed by atoms with Gasteiger partial charge in [0.1, 0.15) is 0 Å². The van der Waals surface area contributed by atoms with Crippen molar-refractivity contribution in [3.05, 3.63) is 34.3 Å². The van der Waals surface area contributed by atoms with Gasteiger partial charge < -0.3 is 10.2 Å². The summed E-state index contributed by atoms with van der Waals surface area (Å²) in [6, 6.07) is 7.23. The van der Waals surface area contributed by atoms with Gasteiger partial charge >= 0.3 is 0 Å². The van der Waals surface area contributed by atoms with E-state index in [0.29, 0.717) is 24.4 Å². The molecule has 1 aliphatic heterocycles. The highest BCUT2D eigenvalue weighted by molar-refractivity contribution is 9.10. The highest BCUT2D eigenvalue weighted by Crippen LogP contribution is 2.36. The Morgan fingerprint density at radius 1 is 1.08 bits per heavy atom. The lowest BCUT2D eigenvalue weighted by molar-refractivity contribution is -0.134. The van der Waals surface area contributed by atoms with Crippen molar-refractivity contribution in [2.75, 3.05) is 19.6 Å². The summed E-state index contributed by atoms with van der Waals surface area (Å²) in [5.74, 6) is 1.59. The quantitative estimate of drug-likeness (QED) is 0.850. The molecule has 1 aliphatic carbocycles. The Kier molecular flexibility index (Phi) is 5.93. The zero-order chi connectivity index (χ0) is 16.9. The largest absolute Gasteiger partial charge is 0.352 e. The van der Waals surface area contributed by atoms with Crippen molar-refractivity contribution >= 4 is 27.7 Å². The van der Waals surface area contributed by atoms with Crippen LogP contribution in [-0.4, -0.2) is 36.3 Å². The fraction of sp³-hybridized carbons (Fsp3) is 0.579. The highest BCUT2D eigenvalue weighted by Gasteiger charge is 2.32. The molecule has 130 valence electrons. The number of fused-ring (bicyclic) bond motifs is 1.